The van der Waals surface area contributed by atoms with Crippen molar-refractivity contribution in [3.05, 3.63) is 35.9 Å². The molecule has 0 radical (unpaired) electrons. The first-order chi connectivity index (χ1) is 11.8. The highest BCUT2D eigenvalue weighted by molar-refractivity contribution is 7.56. The van der Waals surface area contributed by atoms with Crippen LogP contribution < -0.4 is 0 Å². The minimum Gasteiger partial charge on any atom is -0.375 e. The molecule has 0 aliphatic heterocycles. The minimum absolute atomic E-state index is 0.138. The Hall–Kier alpha value is -0.0900. The molecule has 1 fully saturated rings. The monoisotopic (exact) mass is 408 g/mol. The van der Waals surface area contributed by atoms with Crippen LogP contribution in [-0.4, -0.2) is 28.0 Å². The molecule has 0 bridgehead atoms. The van der Waals surface area contributed by atoms with E-state index in [0.29, 0.717) is 0 Å². The molecule has 2 atom stereocenters. The van der Waals surface area contributed by atoms with Crippen LogP contribution in [0.3, 0.4) is 0 Å². The summed E-state index contributed by atoms with van der Waals surface area (Å²) in [6.45, 7) is 4.48. The van der Waals surface area contributed by atoms with E-state index in [2.05, 4.69) is 0 Å². The standard InChI is InChI=1S/C18H27Cl2O4P/c1-3-5-12-23-25(22,24-13-6-4-2)17(21)14-16(18(17,19)20)15-10-8-7-9-11-15/h7-11,16,21H,3-6,12-14H2,1-2H3. The molecule has 1 aromatic rings. The van der Waals surface area contributed by atoms with Crippen LogP contribution in [0.15, 0.2) is 30.3 Å². The number of benzene rings is 1. The summed E-state index contributed by atoms with van der Waals surface area (Å²) in [6.07, 6.45) is 3.34. The highest BCUT2D eigenvalue weighted by Crippen LogP contribution is 2.76. The van der Waals surface area contributed by atoms with Gasteiger partial charge in [-0.25, -0.2) is 0 Å². The van der Waals surface area contributed by atoms with Crippen molar-refractivity contribution in [2.24, 2.45) is 0 Å². The largest absolute Gasteiger partial charge is 0.375 e. The molecule has 1 aromatic carbocycles. The van der Waals surface area contributed by atoms with Crippen molar-refractivity contribution in [1.29, 1.82) is 0 Å². The van der Waals surface area contributed by atoms with E-state index in [1.54, 1.807) is 0 Å². The fourth-order valence-corrected chi connectivity index (χ4v) is 6.26. The van der Waals surface area contributed by atoms with Crippen LogP contribution in [0.2, 0.25) is 0 Å². The third-order valence-corrected chi connectivity index (χ3v) is 8.54. The van der Waals surface area contributed by atoms with Gasteiger partial charge >= 0.3 is 7.60 Å². The number of halogens is 2. The molecule has 0 amide bonds. The van der Waals surface area contributed by atoms with E-state index in [-0.39, 0.29) is 25.6 Å². The molecular weight excluding hydrogens is 382 g/mol. The second-order valence-electron chi connectivity index (χ2n) is 6.48. The average Bonchev–Trinajstić information content (AvgIpc) is 2.60. The van der Waals surface area contributed by atoms with Gasteiger partial charge in [0.25, 0.3) is 0 Å². The van der Waals surface area contributed by atoms with Gasteiger partial charge in [0.15, 0.2) is 4.33 Å². The van der Waals surface area contributed by atoms with E-state index in [1.807, 2.05) is 44.2 Å². The van der Waals surface area contributed by atoms with Crippen molar-refractivity contribution < 1.29 is 18.7 Å². The van der Waals surface area contributed by atoms with Crippen LogP contribution in [-0.2, 0) is 13.6 Å². The number of alkyl halides is 2. The van der Waals surface area contributed by atoms with Crippen molar-refractivity contribution >= 4 is 30.8 Å². The maximum Gasteiger partial charge on any atom is 0.365 e. The molecule has 0 spiro atoms. The molecule has 4 nitrogen and oxygen atoms in total. The van der Waals surface area contributed by atoms with Crippen LogP contribution >= 0.6 is 30.8 Å². The van der Waals surface area contributed by atoms with E-state index in [9.17, 15) is 9.67 Å². The van der Waals surface area contributed by atoms with Crippen molar-refractivity contribution in [1.82, 2.24) is 0 Å². The van der Waals surface area contributed by atoms with Gasteiger partial charge in [0, 0.05) is 12.3 Å². The minimum atomic E-state index is -3.88. The Morgan fingerprint density at radius 3 is 2.08 bits per heavy atom. The van der Waals surface area contributed by atoms with Gasteiger partial charge in [-0.05, 0) is 18.4 Å². The predicted octanol–water partition coefficient (Wildman–Crippen LogP) is 5.86. The molecule has 25 heavy (non-hydrogen) atoms. The normalized spacial score (nSPS) is 25.6. The number of aliphatic hydroxyl groups is 1. The molecule has 0 aromatic heterocycles. The van der Waals surface area contributed by atoms with Crippen LogP contribution in [0.1, 0.15) is 57.4 Å². The molecule has 2 unspecified atom stereocenters. The fraction of sp³-hybridized carbons (Fsp3) is 0.667. The zero-order valence-corrected chi connectivity index (χ0v) is 17.2. The van der Waals surface area contributed by atoms with Gasteiger partial charge in [0.05, 0.1) is 13.2 Å². The zero-order chi connectivity index (χ0) is 18.6. The van der Waals surface area contributed by atoms with Gasteiger partial charge in [0.2, 0.25) is 5.34 Å². The maximum atomic E-state index is 13.4. The van der Waals surface area contributed by atoms with Gasteiger partial charge < -0.3 is 14.2 Å². The molecule has 142 valence electrons. The molecule has 0 heterocycles. The Bertz CT molecular complexity index is 582. The molecule has 0 saturated heterocycles. The van der Waals surface area contributed by atoms with Gasteiger partial charge in [-0.15, -0.1) is 0 Å². The number of unbranched alkanes of at least 4 members (excludes halogenated alkanes) is 2. The lowest BCUT2D eigenvalue weighted by atomic mass is 9.75. The van der Waals surface area contributed by atoms with Crippen molar-refractivity contribution in [2.45, 2.75) is 61.5 Å². The molecule has 1 aliphatic rings. The van der Waals surface area contributed by atoms with Crippen LogP contribution in [0.25, 0.3) is 0 Å². The van der Waals surface area contributed by atoms with Crippen LogP contribution in [0.4, 0.5) is 0 Å². The summed E-state index contributed by atoms with van der Waals surface area (Å²) in [5.74, 6) is -0.333. The summed E-state index contributed by atoms with van der Waals surface area (Å²) in [5, 5.41) is 9.20. The second kappa shape index (κ2) is 8.73. The van der Waals surface area contributed by atoms with E-state index >= 15 is 0 Å². The predicted molar refractivity (Wildman–Crippen MR) is 103 cm³/mol. The Balaban J connectivity index is 2.22. The first kappa shape index (κ1) is 21.2. The quantitative estimate of drug-likeness (QED) is 0.299. The lowest BCUT2D eigenvalue weighted by Crippen LogP contribution is -2.61. The molecule has 2 rings (SSSR count). The molecule has 7 heteroatoms. The summed E-state index contributed by atoms with van der Waals surface area (Å²) in [5.41, 5.74) is 0.894. The molecule has 1 N–H and O–H groups in total. The highest BCUT2D eigenvalue weighted by Gasteiger charge is 2.74. The van der Waals surface area contributed by atoms with Gasteiger partial charge in [0.1, 0.15) is 0 Å². The van der Waals surface area contributed by atoms with Crippen LogP contribution in [0.5, 0.6) is 0 Å². The van der Waals surface area contributed by atoms with Gasteiger partial charge in [-0.1, -0.05) is 80.2 Å². The van der Waals surface area contributed by atoms with Gasteiger partial charge in [-0.2, -0.15) is 0 Å². The Kier molecular flexibility index (Phi) is 7.41. The third kappa shape index (κ3) is 4.10. The van der Waals surface area contributed by atoms with Crippen molar-refractivity contribution in [3.63, 3.8) is 0 Å². The average molecular weight is 409 g/mol. The zero-order valence-electron chi connectivity index (χ0n) is 14.8. The Morgan fingerprint density at radius 2 is 1.64 bits per heavy atom. The fourth-order valence-electron chi connectivity index (χ4n) is 2.91. The van der Waals surface area contributed by atoms with Crippen LogP contribution in [0, 0.1) is 0 Å². The summed E-state index contributed by atoms with van der Waals surface area (Å²) < 4.78 is 22.9. The summed E-state index contributed by atoms with van der Waals surface area (Å²) >= 11 is 13.0. The van der Waals surface area contributed by atoms with E-state index < -0.39 is 17.3 Å². The molecular formula is C18H27Cl2O4P. The topological polar surface area (TPSA) is 55.8 Å². The highest BCUT2D eigenvalue weighted by atomic mass is 35.5. The molecule has 1 aliphatic carbocycles. The summed E-state index contributed by atoms with van der Waals surface area (Å²) in [4.78, 5) is 0. The Morgan fingerprint density at radius 1 is 1.12 bits per heavy atom. The number of hydrogen-bond acceptors (Lipinski definition) is 4. The SMILES string of the molecule is CCCCOP(=O)(OCCCC)C1(O)CC(c2ccccc2)C1(Cl)Cl. The van der Waals surface area contributed by atoms with E-state index in [0.717, 1.165) is 31.2 Å². The summed E-state index contributed by atoms with van der Waals surface area (Å²) in [7, 11) is -3.88. The first-order valence-corrected chi connectivity index (χ1v) is 11.2. The lowest BCUT2D eigenvalue weighted by molar-refractivity contribution is -0.0195. The number of hydrogen-bond donors (Lipinski definition) is 1. The smallest absolute Gasteiger partial charge is 0.365 e. The second-order valence-corrected chi connectivity index (χ2v) is 10.1. The maximum absolute atomic E-state index is 13.4. The first-order valence-electron chi connectivity index (χ1n) is 8.86. The van der Waals surface area contributed by atoms with E-state index in [4.69, 9.17) is 32.2 Å². The Labute approximate surface area is 160 Å². The van der Waals surface area contributed by atoms with Crippen molar-refractivity contribution in [2.75, 3.05) is 13.2 Å². The lowest BCUT2D eigenvalue weighted by Gasteiger charge is -2.55. The molecule has 1 saturated carbocycles. The third-order valence-electron chi connectivity index (χ3n) is 4.63. The van der Waals surface area contributed by atoms with Crippen molar-refractivity contribution in [3.8, 4) is 0 Å². The van der Waals surface area contributed by atoms with E-state index in [1.165, 1.54) is 0 Å². The summed E-state index contributed by atoms with van der Waals surface area (Å²) in [6, 6.07) is 9.44. The number of rotatable bonds is 10. The van der Waals surface area contributed by atoms with Gasteiger partial charge in [-0.3, -0.25) is 4.57 Å².